The number of nitrogens with one attached hydrogen (secondary N) is 1. The molecule has 3 aromatic rings. The lowest BCUT2D eigenvalue weighted by molar-refractivity contribution is -0.384. The summed E-state index contributed by atoms with van der Waals surface area (Å²) in [5.41, 5.74) is 1.11. The van der Waals surface area contributed by atoms with Crippen LogP contribution in [0, 0.1) is 10.1 Å². The number of nitro benzene ring substituents is 1. The first kappa shape index (κ1) is 15.9. The number of aromatic nitrogens is 1. The number of fused-ring (bicyclic) bond motifs is 1. The van der Waals surface area contributed by atoms with Gasteiger partial charge < -0.3 is 10.1 Å². The minimum Gasteiger partial charge on any atom is -0.494 e. The second kappa shape index (κ2) is 6.63. The van der Waals surface area contributed by atoms with Crippen LogP contribution in [0.4, 0.5) is 10.8 Å². The minimum absolute atomic E-state index is 0.0437. The van der Waals surface area contributed by atoms with Crippen molar-refractivity contribution < 1.29 is 14.5 Å². The second-order valence-electron chi connectivity index (χ2n) is 4.91. The number of methoxy groups -OCH3 is 1. The lowest BCUT2D eigenvalue weighted by Crippen LogP contribution is -2.13. The minimum atomic E-state index is -0.499. The third-order valence-corrected chi connectivity index (χ3v) is 4.38. The maximum atomic E-state index is 12.2. The Morgan fingerprint density at radius 3 is 2.71 bits per heavy atom. The average molecular weight is 343 g/mol. The van der Waals surface area contributed by atoms with E-state index >= 15 is 0 Å². The van der Waals surface area contributed by atoms with Gasteiger partial charge in [-0.3, -0.25) is 14.9 Å². The zero-order chi connectivity index (χ0) is 17.1. The van der Waals surface area contributed by atoms with Gasteiger partial charge in [-0.15, -0.1) is 0 Å². The van der Waals surface area contributed by atoms with Gasteiger partial charge in [0.15, 0.2) is 10.9 Å². The largest absolute Gasteiger partial charge is 0.494 e. The summed E-state index contributed by atoms with van der Waals surface area (Å²) in [6.07, 6.45) is 0. The summed E-state index contributed by atoms with van der Waals surface area (Å²) < 4.78 is 6.22. The van der Waals surface area contributed by atoms with Crippen LogP contribution in [0.3, 0.4) is 0 Å². The number of anilines is 1. The lowest BCUT2D eigenvalue weighted by Gasteiger charge is -2.02. The fraction of sp³-hybridized carbons (Fsp3) is 0.125. The average Bonchev–Trinajstić information content (AvgIpc) is 3.02. The molecule has 0 atom stereocenters. The monoisotopic (exact) mass is 343 g/mol. The van der Waals surface area contributed by atoms with Crippen LogP contribution in [0.2, 0.25) is 0 Å². The van der Waals surface area contributed by atoms with Crippen molar-refractivity contribution in [2.45, 2.75) is 0 Å². The van der Waals surface area contributed by atoms with E-state index in [1.165, 1.54) is 35.6 Å². The highest BCUT2D eigenvalue weighted by molar-refractivity contribution is 7.22. The van der Waals surface area contributed by atoms with Crippen molar-refractivity contribution in [1.29, 1.82) is 0 Å². The predicted octanol–water partition coefficient (Wildman–Crippen LogP) is 3.51. The van der Waals surface area contributed by atoms with Crippen LogP contribution in [0.1, 0.15) is 10.4 Å². The number of non-ortho nitro benzene ring substituents is 1. The van der Waals surface area contributed by atoms with Gasteiger partial charge >= 0.3 is 0 Å². The molecular weight excluding hydrogens is 330 g/mol. The Bertz CT molecular complexity index is 905. The number of Topliss-reactive ketones (excluding diaryl/α,β-unsaturated/α-hetero) is 1. The standard InChI is InChI=1S/C16H13N3O4S/c1-23-13-3-2-4-14-15(13)18-16(24-14)17-9-12(20)10-5-7-11(8-6-10)19(21)22/h2-8H,9H2,1H3,(H,17,18). The summed E-state index contributed by atoms with van der Waals surface area (Å²) in [5.74, 6) is 0.509. The summed E-state index contributed by atoms with van der Waals surface area (Å²) in [6, 6.07) is 11.2. The molecule has 0 radical (unpaired) electrons. The lowest BCUT2D eigenvalue weighted by atomic mass is 10.1. The highest BCUT2D eigenvalue weighted by atomic mass is 32.1. The molecule has 0 amide bonds. The Balaban J connectivity index is 1.71. The normalized spacial score (nSPS) is 10.5. The summed E-state index contributed by atoms with van der Waals surface area (Å²) in [6.45, 7) is 0.0555. The number of carbonyl (C=O) groups is 1. The number of nitro groups is 1. The van der Waals surface area contributed by atoms with Crippen LogP contribution in [0.15, 0.2) is 42.5 Å². The number of thiazole rings is 1. The number of hydrogen-bond donors (Lipinski definition) is 1. The first-order valence-electron chi connectivity index (χ1n) is 7.03. The van der Waals surface area contributed by atoms with Crippen molar-refractivity contribution in [2.24, 2.45) is 0 Å². The number of benzene rings is 2. The molecule has 122 valence electrons. The molecule has 1 N–H and O–H groups in total. The van der Waals surface area contributed by atoms with E-state index in [0.29, 0.717) is 16.4 Å². The molecule has 24 heavy (non-hydrogen) atoms. The van der Waals surface area contributed by atoms with E-state index in [1.807, 2.05) is 18.2 Å². The second-order valence-corrected chi connectivity index (χ2v) is 5.94. The van der Waals surface area contributed by atoms with Crippen molar-refractivity contribution in [3.63, 3.8) is 0 Å². The number of rotatable bonds is 6. The van der Waals surface area contributed by atoms with Crippen molar-refractivity contribution in [1.82, 2.24) is 4.98 Å². The Hall–Kier alpha value is -3.00. The molecule has 3 rings (SSSR count). The Morgan fingerprint density at radius 2 is 2.04 bits per heavy atom. The number of ketones is 1. The van der Waals surface area contributed by atoms with Crippen LogP contribution in [0.5, 0.6) is 5.75 Å². The summed E-state index contributed by atoms with van der Waals surface area (Å²) in [7, 11) is 1.58. The molecule has 2 aromatic carbocycles. The van der Waals surface area contributed by atoms with Gasteiger partial charge in [0.05, 0.1) is 23.3 Å². The SMILES string of the molecule is COc1cccc2sc(NCC(=O)c3ccc([N+](=O)[O-])cc3)nc12. The van der Waals surface area contributed by atoms with Gasteiger partial charge in [0.25, 0.3) is 5.69 Å². The summed E-state index contributed by atoms with van der Waals surface area (Å²) in [4.78, 5) is 26.7. The van der Waals surface area contributed by atoms with Gasteiger partial charge in [-0.05, 0) is 24.3 Å². The number of nitrogens with zero attached hydrogens (tertiary/aromatic N) is 2. The van der Waals surface area contributed by atoms with E-state index in [0.717, 1.165) is 10.2 Å². The smallest absolute Gasteiger partial charge is 0.269 e. The maximum Gasteiger partial charge on any atom is 0.269 e. The topological polar surface area (TPSA) is 94.4 Å². The Labute approximate surface area is 141 Å². The Kier molecular flexibility index (Phi) is 4.39. The van der Waals surface area contributed by atoms with Crippen LogP contribution >= 0.6 is 11.3 Å². The van der Waals surface area contributed by atoms with E-state index < -0.39 is 4.92 Å². The van der Waals surface area contributed by atoms with Gasteiger partial charge in [0.2, 0.25) is 0 Å². The van der Waals surface area contributed by atoms with E-state index in [-0.39, 0.29) is 18.0 Å². The molecule has 0 aliphatic carbocycles. The van der Waals surface area contributed by atoms with E-state index in [1.54, 1.807) is 7.11 Å². The number of hydrogen-bond acceptors (Lipinski definition) is 7. The highest BCUT2D eigenvalue weighted by Crippen LogP contribution is 2.31. The number of carbonyl (C=O) groups excluding carboxylic acids is 1. The first-order valence-corrected chi connectivity index (χ1v) is 7.85. The van der Waals surface area contributed by atoms with E-state index in [2.05, 4.69) is 10.3 Å². The zero-order valence-corrected chi connectivity index (χ0v) is 13.5. The molecule has 0 bridgehead atoms. The molecule has 7 nitrogen and oxygen atoms in total. The molecule has 0 aliphatic rings. The zero-order valence-electron chi connectivity index (χ0n) is 12.7. The van der Waals surface area contributed by atoms with Crippen LogP contribution in [-0.2, 0) is 0 Å². The van der Waals surface area contributed by atoms with Crippen molar-refractivity contribution in [3.8, 4) is 5.75 Å². The molecular formula is C16H13N3O4S. The van der Waals surface area contributed by atoms with Gasteiger partial charge in [-0.2, -0.15) is 0 Å². The molecule has 0 saturated heterocycles. The summed E-state index contributed by atoms with van der Waals surface area (Å²) >= 11 is 1.43. The van der Waals surface area contributed by atoms with E-state index in [4.69, 9.17) is 4.74 Å². The van der Waals surface area contributed by atoms with Crippen molar-refractivity contribution in [2.75, 3.05) is 19.0 Å². The molecule has 0 aliphatic heterocycles. The number of para-hydroxylation sites is 1. The highest BCUT2D eigenvalue weighted by Gasteiger charge is 2.12. The number of ether oxygens (including phenoxy) is 1. The third kappa shape index (κ3) is 3.18. The summed E-state index contributed by atoms with van der Waals surface area (Å²) in [5, 5.41) is 14.2. The van der Waals surface area contributed by atoms with E-state index in [9.17, 15) is 14.9 Å². The van der Waals surface area contributed by atoms with Gasteiger partial charge in [-0.25, -0.2) is 4.98 Å². The van der Waals surface area contributed by atoms with Gasteiger partial charge in [0, 0.05) is 17.7 Å². The van der Waals surface area contributed by atoms with Crippen molar-refractivity contribution >= 4 is 38.2 Å². The molecule has 0 saturated carbocycles. The Morgan fingerprint density at radius 1 is 1.29 bits per heavy atom. The van der Waals surface area contributed by atoms with Crippen molar-refractivity contribution in [3.05, 3.63) is 58.1 Å². The molecule has 1 aromatic heterocycles. The van der Waals surface area contributed by atoms with Crippen LogP contribution in [0.25, 0.3) is 10.2 Å². The molecule has 0 spiro atoms. The van der Waals surface area contributed by atoms with Crippen LogP contribution < -0.4 is 10.1 Å². The fourth-order valence-electron chi connectivity index (χ4n) is 2.19. The van der Waals surface area contributed by atoms with Gasteiger partial charge in [0.1, 0.15) is 11.3 Å². The molecule has 1 heterocycles. The quantitative estimate of drug-likeness (QED) is 0.418. The first-order chi connectivity index (χ1) is 11.6. The molecule has 0 unspecified atom stereocenters. The van der Waals surface area contributed by atoms with Crippen LogP contribution in [-0.4, -0.2) is 29.3 Å². The molecule has 8 heteroatoms. The maximum absolute atomic E-state index is 12.2. The third-order valence-electron chi connectivity index (χ3n) is 3.40. The molecule has 0 fully saturated rings. The van der Waals surface area contributed by atoms with Gasteiger partial charge in [-0.1, -0.05) is 17.4 Å². The fourth-order valence-corrected chi connectivity index (χ4v) is 3.07. The predicted molar refractivity (Wildman–Crippen MR) is 92.1 cm³/mol.